The first-order valence-electron chi connectivity index (χ1n) is 6.36. The number of hydrogen-bond acceptors (Lipinski definition) is 3. The Kier molecular flexibility index (Phi) is 3.12. The van der Waals surface area contributed by atoms with Gasteiger partial charge >= 0.3 is 0 Å². The van der Waals surface area contributed by atoms with Crippen molar-refractivity contribution in [3.05, 3.63) is 58.6 Å². The summed E-state index contributed by atoms with van der Waals surface area (Å²) in [5, 5.41) is 15.6. The van der Waals surface area contributed by atoms with E-state index in [1.165, 1.54) is 6.07 Å². The quantitative estimate of drug-likeness (QED) is 0.585. The minimum atomic E-state index is -0.130. The highest BCUT2D eigenvalue weighted by Gasteiger charge is 2.06. The van der Waals surface area contributed by atoms with Gasteiger partial charge in [0, 0.05) is 18.0 Å². The molecule has 102 valence electrons. The van der Waals surface area contributed by atoms with Crippen molar-refractivity contribution >= 4 is 5.69 Å². The summed E-state index contributed by atoms with van der Waals surface area (Å²) >= 11 is 0. The van der Waals surface area contributed by atoms with Crippen LogP contribution in [-0.4, -0.2) is 20.4 Å². The van der Waals surface area contributed by atoms with Crippen molar-refractivity contribution in [1.82, 2.24) is 20.4 Å². The van der Waals surface area contributed by atoms with Crippen molar-refractivity contribution in [3.63, 3.8) is 0 Å². The molecular weight excluding hydrogens is 254 g/mol. The third-order valence-electron chi connectivity index (χ3n) is 3.16. The van der Waals surface area contributed by atoms with Crippen molar-refractivity contribution in [3.8, 4) is 11.3 Å². The topological polar surface area (TPSA) is 89.4 Å². The molecule has 0 saturated heterocycles. The lowest BCUT2D eigenvalue weighted by molar-refractivity contribution is 0.826. The van der Waals surface area contributed by atoms with E-state index in [1.807, 2.05) is 30.3 Å². The normalized spacial score (nSPS) is 12.2. The van der Waals surface area contributed by atoms with E-state index in [9.17, 15) is 4.79 Å². The van der Waals surface area contributed by atoms with Crippen LogP contribution in [0.4, 0.5) is 5.69 Å². The van der Waals surface area contributed by atoms with Crippen molar-refractivity contribution < 1.29 is 0 Å². The molecule has 0 aliphatic rings. The van der Waals surface area contributed by atoms with Crippen molar-refractivity contribution in [2.24, 2.45) is 0 Å². The van der Waals surface area contributed by atoms with E-state index in [1.54, 1.807) is 6.20 Å². The van der Waals surface area contributed by atoms with Gasteiger partial charge in [-0.1, -0.05) is 12.1 Å². The number of nitrogens with zero attached hydrogens (tertiary/aromatic N) is 1. The van der Waals surface area contributed by atoms with E-state index < -0.39 is 0 Å². The zero-order valence-corrected chi connectivity index (χ0v) is 11.0. The highest BCUT2D eigenvalue weighted by molar-refractivity contribution is 5.62. The van der Waals surface area contributed by atoms with Gasteiger partial charge in [0.1, 0.15) is 0 Å². The largest absolute Gasteiger partial charge is 0.377 e. The summed E-state index contributed by atoms with van der Waals surface area (Å²) in [6, 6.07) is 11.5. The first-order valence-corrected chi connectivity index (χ1v) is 6.36. The van der Waals surface area contributed by atoms with Crippen LogP contribution >= 0.6 is 0 Å². The standard InChI is InChI=1S/C14H15N5O/c1-9(12-6-7-15-17-12)16-11-4-2-10(3-5-11)13-8-14(20)19-18-13/h2-9,16H,1H3,(H,15,17)(H2,18,19,20). The summed E-state index contributed by atoms with van der Waals surface area (Å²) in [5.41, 5.74) is 3.65. The van der Waals surface area contributed by atoms with E-state index in [-0.39, 0.29) is 11.6 Å². The monoisotopic (exact) mass is 269 g/mol. The van der Waals surface area contributed by atoms with Gasteiger partial charge in [-0.15, -0.1) is 0 Å². The van der Waals surface area contributed by atoms with Crippen molar-refractivity contribution in [1.29, 1.82) is 0 Å². The van der Waals surface area contributed by atoms with Gasteiger partial charge in [0.15, 0.2) is 0 Å². The van der Waals surface area contributed by atoms with E-state index in [0.717, 1.165) is 22.6 Å². The molecule has 0 saturated carbocycles. The number of anilines is 1. The van der Waals surface area contributed by atoms with Crippen molar-refractivity contribution in [2.45, 2.75) is 13.0 Å². The van der Waals surface area contributed by atoms with Crippen molar-refractivity contribution in [2.75, 3.05) is 5.32 Å². The Balaban J connectivity index is 1.75. The molecule has 3 aromatic rings. The highest BCUT2D eigenvalue weighted by Crippen LogP contribution is 2.21. The lowest BCUT2D eigenvalue weighted by atomic mass is 10.1. The van der Waals surface area contributed by atoms with Crippen LogP contribution in [0, 0.1) is 0 Å². The summed E-state index contributed by atoms with van der Waals surface area (Å²) in [6.45, 7) is 2.06. The molecule has 0 spiro atoms. The molecule has 0 aliphatic carbocycles. The smallest absolute Gasteiger partial charge is 0.264 e. The maximum atomic E-state index is 11.1. The van der Waals surface area contributed by atoms with Gasteiger partial charge in [-0.3, -0.25) is 20.1 Å². The number of H-pyrrole nitrogens is 3. The fourth-order valence-electron chi connectivity index (χ4n) is 2.07. The Morgan fingerprint density at radius 3 is 2.55 bits per heavy atom. The Bertz CT molecular complexity index is 724. The van der Waals surface area contributed by atoms with E-state index in [0.29, 0.717) is 0 Å². The molecular formula is C14H15N5O. The Morgan fingerprint density at radius 2 is 1.95 bits per heavy atom. The average molecular weight is 269 g/mol. The molecule has 0 radical (unpaired) electrons. The second-order valence-corrected chi connectivity index (χ2v) is 4.63. The minimum Gasteiger partial charge on any atom is -0.377 e. The maximum Gasteiger partial charge on any atom is 0.264 e. The SMILES string of the molecule is CC(Nc1ccc(-c2cc(=O)[nH][nH]2)cc1)c1ccn[nH]1. The minimum absolute atomic E-state index is 0.130. The zero-order valence-electron chi connectivity index (χ0n) is 11.0. The first kappa shape index (κ1) is 12.3. The molecule has 20 heavy (non-hydrogen) atoms. The molecule has 4 N–H and O–H groups in total. The van der Waals surface area contributed by atoms with Crippen LogP contribution in [0.1, 0.15) is 18.7 Å². The number of nitrogens with one attached hydrogen (secondary N) is 4. The number of hydrogen-bond donors (Lipinski definition) is 4. The summed E-state index contributed by atoms with van der Waals surface area (Å²) < 4.78 is 0. The molecule has 6 nitrogen and oxygen atoms in total. The average Bonchev–Trinajstić information content (AvgIpc) is 3.10. The molecule has 0 amide bonds. The fraction of sp³-hybridized carbons (Fsp3) is 0.143. The summed E-state index contributed by atoms with van der Waals surface area (Å²) in [5.74, 6) is 0. The third-order valence-corrected chi connectivity index (χ3v) is 3.16. The second-order valence-electron chi connectivity index (χ2n) is 4.63. The third kappa shape index (κ3) is 2.49. The molecule has 3 rings (SSSR count). The molecule has 0 aliphatic heterocycles. The Labute approximate surface area is 115 Å². The van der Waals surface area contributed by atoms with Crippen LogP contribution in [0.2, 0.25) is 0 Å². The molecule has 1 aromatic carbocycles. The molecule has 0 bridgehead atoms. The Hall–Kier alpha value is -2.76. The van der Waals surface area contributed by atoms with Gasteiger partial charge in [0.05, 0.1) is 17.4 Å². The second kappa shape index (κ2) is 5.08. The Morgan fingerprint density at radius 1 is 1.15 bits per heavy atom. The predicted octanol–water partition coefficient (Wildman–Crippen LogP) is 2.27. The van der Waals surface area contributed by atoms with Gasteiger partial charge in [-0.05, 0) is 30.7 Å². The molecule has 2 heterocycles. The maximum absolute atomic E-state index is 11.1. The van der Waals surface area contributed by atoms with Gasteiger partial charge in [-0.25, -0.2) is 0 Å². The van der Waals surface area contributed by atoms with Gasteiger partial charge in [-0.2, -0.15) is 5.10 Å². The number of aromatic amines is 3. The van der Waals surface area contributed by atoms with Gasteiger partial charge in [0.2, 0.25) is 0 Å². The lowest BCUT2D eigenvalue weighted by Crippen LogP contribution is -2.06. The molecule has 6 heteroatoms. The van der Waals surface area contributed by atoms with E-state index in [4.69, 9.17) is 0 Å². The molecule has 1 unspecified atom stereocenters. The van der Waals surface area contributed by atoms with E-state index in [2.05, 4.69) is 32.6 Å². The van der Waals surface area contributed by atoms with Crippen LogP contribution in [0.25, 0.3) is 11.3 Å². The summed E-state index contributed by atoms with van der Waals surface area (Å²) in [4.78, 5) is 11.1. The van der Waals surface area contributed by atoms with Crippen LogP contribution < -0.4 is 10.9 Å². The number of aromatic nitrogens is 4. The number of rotatable bonds is 4. The zero-order chi connectivity index (χ0) is 13.9. The fourth-order valence-corrected chi connectivity index (χ4v) is 2.07. The number of benzene rings is 1. The predicted molar refractivity (Wildman–Crippen MR) is 77.5 cm³/mol. The molecule has 0 fully saturated rings. The van der Waals surface area contributed by atoms with Gasteiger partial charge < -0.3 is 5.32 Å². The lowest BCUT2D eigenvalue weighted by Gasteiger charge is -2.13. The van der Waals surface area contributed by atoms with Crippen LogP contribution in [0.3, 0.4) is 0 Å². The molecule has 2 aromatic heterocycles. The van der Waals surface area contributed by atoms with Crippen LogP contribution in [0.15, 0.2) is 47.4 Å². The summed E-state index contributed by atoms with van der Waals surface area (Å²) in [7, 11) is 0. The van der Waals surface area contributed by atoms with Crippen LogP contribution in [0.5, 0.6) is 0 Å². The molecule has 1 atom stereocenters. The van der Waals surface area contributed by atoms with E-state index >= 15 is 0 Å². The highest BCUT2D eigenvalue weighted by atomic mass is 16.1. The van der Waals surface area contributed by atoms with Crippen LogP contribution in [-0.2, 0) is 0 Å². The summed E-state index contributed by atoms with van der Waals surface area (Å²) in [6.07, 6.45) is 1.73. The first-order chi connectivity index (χ1) is 9.72. The van der Waals surface area contributed by atoms with Gasteiger partial charge in [0.25, 0.3) is 5.56 Å².